The highest BCUT2D eigenvalue weighted by molar-refractivity contribution is 5.97. The molecule has 2 fully saturated rings. The Morgan fingerprint density at radius 3 is 2.64 bits per heavy atom. The number of fused-ring (bicyclic) bond motifs is 1. The quantitative estimate of drug-likeness (QED) is 0.404. The first kappa shape index (κ1) is 27.5. The third-order valence-corrected chi connectivity index (χ3v) is 8.25. The topological polar surface area (TPSA) is 101 Å². The minimum atomic E-state index is -0.433. The molecule has 5 rings (SSSR count). The fourth-order valence-electron chi connectivity index (χ4n) is 5.64. The number of nitrogens with two attached hydrogens (primary N) is 1. The number of benzene rings is 2. The van der Waals surface area contributed by atoms with Crippen molar-refractivity contribution in [1.29, 1.82) is 0 Å². The highest BCUT2D eigenvalue weighted by Crippen LogP contribution is 2.34. The number of aliphatic hydroxyl groups excluding tert-OH is 1. The van der Waals surface area contributed by atoms with Crippen molar-refractivity contribution < 1.29 is 14.3 Å². The predicted molar refractivity (Wildman–Crippen MR) is 152 cm³/mol. The van der Waals surface area contributed by atoms with E-state index in [1.165, 1.54) is 6.07 Å². The zero-order chi connectivity index (χ0) is 27.8. The van der Waals surface area contributed by atoms with Crippen LogP contribution in [0.3, 0.4) is 0 Å². The maximum absolute atomic E-state index is 15.0. The van der Waals surface area contributed by atoms with Gasteiger partial charge in [0.2, 0.25) is 0 Å². The lowest BCUT2D eigenvalue weighted by Crippen LogP contribution is -2.44. The number of nitrogens with one attached hydrogen (secondary N) is 1. The fourth-order valence-corrected chi connectivity index (χ4v) is 5.64. The van der Waals surface area contributed by atoms with Crippen LogP contribution in [-0.4, -0.2) is 52.3 Å². The van der Waals surface area contributed by atoms with Gasteiger partial charge in [-0.3, -0.25) is 14.5 Å². The second kappa shape index (κ2) is 11.2. The molecule has 0 radical (unpaired) electrons. The number of carbonyl (C=O) groups is 1. The smallest absolute Gasteiger partial charge is 0.258 e. The van der Waals surface area contributed by atoms with Gasteiger partial charge in [-0.25, -0.2) is 4.39 Å². The normalized spacial score (nSPS) is 19.7. The van der Waals surface area contributed by atoms with Crippen LogP contribution < -0.4 is 16.6 Å². The van der Waals surface area contributed by atoms with Crippen LogP contribution in [0.1, 0.15) is 67.1 Å². The van der Waals surface area contributed by atoms with E-state index < -0.39 is 5.82 Å². The van der Waals surface area contributed by atoms with Gasteiger partial charge in [-0.15, -0.1) is 0 Å². The van der Waals surface area contributed by atoms with Crippen molar-refractivity contribution in [3.05, 3.63) is 69.4 Å². The van der Waals surface area contributed by atoms with Gasteiger partial charge in [0.1, 0.15) is 5.82 Å². The molecule has 0 bridgehead atoms. The van der Waals surface area contributed by atoms with Crippen LogP contribution in [-0.2, 0) is 6.54 Å². The number of aliphatic hydroxyl groups is 1. The van der Waals surface area contributed by atoms with Crippen LogP contribution in [0.25, 0.3) is 21.9 Å². The molecule has 8 heteroatoms. The number of nitrogens with zero attached hydrogens (tertiary/aromatic N) is 2. The van der Waals surface area contributed by atoms with E-state index in [4.69, 9.17) is 5.73 Å². The number of carbonyl (C=O) groups excluding carboxylic acids is 1. The van der Waals surface area contributed by atoms with Crippen LogP contribution in [0.4, 0.5) is 4.39 Å². The lowest BCUT2D eigenvalue weighted by molar-refractivity contribution is 0.0950. The van der Waals surface area contributed by atoms with Crippen molar-refractivity contribution in [3.8, 4) is 11.1 Å². The van der Waals surface area contributed by atoms with Crippen molar-refractivity contribution in [3.63, 3.8) is 0 Å². The molecule has 3 aromatic rings. The Bertz CT molecular complexity index is 1450. The van der Waals surface area contributed by atoms with Gasteiger partial charge in [0.25, 0.3) is 11.5 Å². The molecular formula is C31H39FN4O3. The number of hydrogen-bond donors (Lipinski definition) is 3. The number of amides is 1. The summed E-state index contributed by atoms with van der Waals surface area (Å²) < 4.78 is 16.7. The van der Waals surface area contributed by atoms with E-state index in [1.54, 1.807) is 23.6 Å². The molecule has 1 saturated carbocycles. The molecule has 3 atom stereocenters. The monoisotopic (exact) mass is 534 g/mol. The average Bonchev–Trinajstić information content (AvgIpc) is 3.75. The third-order valence-electron chi connectivity index (χ3n) is 8.25. The first-order valence-electron chi connectivity index (χ1n) is 14.0. The highest BCUT2D eigenvalue weighted by atomic mass is 19.1. The SMILES string of the molecule is Cc1c(F)cc(C(=O)NC2CC2)cc1-c1ccc2c(=O)n(CC(C)CO)cc(C(C)N3CCCC(N)C3)c2c1. The van der Waals surface area contributed by atoms with Crippen molar-refractivity contribution in [2.24, 2.45) is 11.7 Å². The summed E-state index contributed by atoms with van der Waals surface area (Å²) in [7, 11) is 0. The summed E-state index contributed by atoms with van der Waals surface area (Å²) in [5.41, 5.74) is 9.31. The van der Waals surface area contributed by atoms with Crippen molar-refractivity contribution >= 4 is 16.7 Å². The first-order chi connectivity index (χ1) is 18.7. The minimum absolute atomic E-state index is 0.00105. The number of halogens is 1. The van der Waals surface area contributed by atoms with Crippen LogP contribution in [0.15, 0.2) is 41.3 Å². The van der Waals surface area contributed by atoms with Gasteiger partial charge in [-0.1, -0.05) is 13.0 Å². The first-order valence-corrected chi connectivity index (χ1v) is 14.0. The van der Waals surface area contributed by atoms with Crippen LogP contribution in [0, 0.1) is 18.7 Å². The number of aromatic nitrogens is 1. The van der Waals surface area contributed by atoms with Crippen molar-refractivity contribution in [2.75, 3.05) is 19.7 Å². The molecule has 1 saturated heterocycles. The molecule has 7 nitrogen and oxygen atoms in total. The summed E-state index contributed by atoms with van der Waals surface area (Å²) in [5.74, 6) is -0.769. The molecule has 3 unspecified atom stereocenters. The maximum Gasteiger partial charge on any atom is 0.258 e. The Morgan fingerprint density at radius 1 is 1.18 bits per heavy atom. The fraction of sp³-hybridized carbons (Fsp3) is 0.484. The third kappa shape index (κ3) is 5.78. The Kier molecular flexibility index (Phi) is 7.89. The Morgan fingerprint density at radius 2 is 1.95 bits per heavy atom. The zero-order valence-electron chi connectivity index (χ0n) is 23.0. The second-order valence-corrected chi connectivity index (χ2v) is 11.5. The Labute approximate surface area is 228 Å². The van der Waals surface area contributed by atoms with Gasteiger partial charge in [0.05, 0.1) is 0 Å². The van der Waals surface area contributed by atoms with Crippen LogP contribution in [0.2, 0.25) is 0 Å². The van der Waals surface area contributed by atoms with Gasteiger partial charge in [-0.05, 0) is 104 Å². The summed E-state index contributed by atoms with van der Waals surface area (Å²) in [5, 5.41) is 14.0. The number of piperidine rings is 1. The number of likely N-dealkylation sites (tertiary alicyclic amines) is 1. The van der Waals surface area contributed by atoms with Crippen LogP contribution >= 0.6 is 0 Å². The molecule has 4 N–H and O–H groups in total. The summed E-state index contributed by atoms with van der Waals surface area (Å²) in [4.78, 5) is 28.6. The summed E-state index contributed by atoms with van der Waals surface area (Å²) in [6, 6.07) is 8.92. The van der Waals surface area contributed by atoms with Gasteiger partial charge in [-0.2, -0.15) is 0 Å². The largest absolute Gasteiger partial charge is 0.396 e. The van der Waals surface area contributed by atoms with Gasteiger partial charge in [0.15, 0.2) is 0 Å². The Balaban J connectivity index is 1.64. The average molecular weight is 535 g/mol. The molecule has 208 valence electrons. The van der Waals surface area contributed by atoms with Gasteiger partial charge < -0.3 is 20.7 Å². The molecule has 1 aliphatic carbocycles. The number of hydrogen-bond acceptors (Lipinski definition) is 5. The summed E-state index contributed by atoms with van der Waals surface area (Å²) >= 11 is 0. The minimum Gasteiger partial charge on any atom is -0.396 e. The molecule has 1 aliphatic heterocycles. The summed E-state index contributed by atoms with van der Waals surface area (Å²) in [6.07, 6.45) is 5.84. The molecule has 1 amide bonds. The summed E-state index contributed by atoms with van der Waals surface area (Å²) in [6.45, 7) is 7.86. The second-order valence-electron chi connectivity index (χ2n) is 11.5. The maximum atomic E-state index is 15.0. The number of rotatable bonds is 8. The number of pyridine rings is 1. The van der Waals surface area contributed by atoms with E-state index in [0.29, 0.717) is 28.6 Å². The van der Waals surface area contributed by atoms with Crippen LogP contribution in [0.5, 0.6) is 0 Å². The van der Waals surface area contributed by atoms with E-state index in [2.05, 4.69) is 17.1 Å². The van der Waals surface area contributed by atoms with E-state index in [0.717, 1.165) is 55.3 Å². The van der Waals surface area contributed by atoms with E-state index in [9.17, 15) is 14.7 Å². The van der Waals surface area contributed by atoms with E-state index in [1.807, 2.05) is 25.3 Å². The van der Waals surface area contributed by atoms with Gasteiger partial charge in [0, 0.05) is 55.0 Å². The Hall–Kier alpha value is -3.07. The molecule has 1 aromatic heterocycles. The van der Waals surface area contributed by atoms with E-state index >= 15 is 4.39 Å². The molecule has 0 spiro atoms. The standard InChI is InChI=1S/C31H39FN4O3/c1-18(17-37)14-36-16-28(20(3)35-10-4-5-23(33)15-35)27-11-21(6-9-25(27)31(36)39)26-12-22(13-29(32)19(26)2)30(38)34-24-7-8-24/h6,9,11-13,16,18,20,23-24,37H,4-5,7-8,10,14-15,17,33H2,1-3H3,(H,34,38). The lowest BCUT2D eigenvalue weighted by atomic mass is 9.92. The van der Waals surface area contributed by atoms with Crippen molar-refractivity contribution in [1.82, 2.24) is 14.8 Å². The molecule has 2 aromatic carbocycles. The van der Waals surface area contributed by atoms with Gasteiger partial charge >= 0.3 is 0 Å². The van der Waals surface area contributed by atoms with E-state index in [-0.39, 0.29) is 42.1 Å². The predicted octanol–water partition coefficient (Wildman–Crippen LogP) is 4.12. The highest BCUT2D eigenvalue weighted by Gasteiger charge is 2.26. The molecular weight excluding hydrogens is 495 g/mol. The molecule has 2 heterocycles. The molecule has 2 aliphatic rings. The zero-order valence-corrected chi connectivity index (χ0v) is 23.0. The lowest BCUT2D eigenvalue weighted by Gasteiger charge is -2.36. The van der Waals surface area contributed by atoms with Crippen molar-refractivity contribution in [2.45, 2.75) is 71.1 Å². The molecule has 39 heavy (non-hydrogen) atoms.